The van der Waals surface area contributed by atoms with Gasteiger partial charge in [0.15, 0.2) is 16.7 Å². The third-order valence-electron chi connectivity index (χ3n) is 4.24. The van der Waals surface area contributed by atoms with Crippen molar-refractivity contribution >= 4 is 27.8 Å². The predicted octanol–water partition coefficient (Wildman–Crippen LogP) is 5.30. The van der Waals surface area contributed by atoms with Gasteiger partial charge in [0.05, 0.1) is 18.5 Å². The Hall–Kier alpha value is -2.93. The molecule has 0 bridgehead atoms. The summed E-state index contributed by atoms with van der Waals surface area (Å²) < 4.78 is 20.9. The molecule has 0 amide bonds. The number of nitrogens with one attached hydrogen (secondary N) is 1. The second-order valence-corrected chi connectivity index (χ2v) is 6.96. The second-order valence-electron chi connectivity index (χ2n) is 6.10. The third-order valence-corrected chi connectivity index (χ3v) is 5.00. The highest BCUT2D eigenvalue weighted by molar-refractivity contribution is 7.14. The summed E-state index contributed by atoms with van der Waals surface area (Å²) in [6, 6.07) is 10.7. The molecule has 4 aromatic rings. The van der Waals surface area contributed by atoms with Crippen molar-refractivity contribution in [2.45, 2.75) is 19.8 Å². The van der Waals surface area contributed by atoms with Gasteiger partial charge in [-0.2, -0.15) is 0 Å². The molecule has 0 saturated heterocycles. The highest BCUT2D eigenvalue weighted by atomic mass is 32.1. The average molecular weight is 382 g/mol. The standard InChI is InChI=1S/C20H19FN4OS/c1-3-6-15-19(25-10-5-4-7-18(25)23-15)16-12-27-20(24-16)22-13-8-9-17(26-2)14(21)11-13/h4-5,7-12H,3,6H2,1-2H3,(H,22,24). The number of aryl methyl sites for hydroxylation is 1. The van der Waals surface area contributed by atoms with Crippen LogP contribution in [0.15, 0.2) is 48.0 Å². The van der Waals surface area contributed by atoms with Crippen molar-refractivity contribution < 1.29 is 9.13 Å². The van der Waals surface area contributed by atoms with Crippen LogP contribution in [-0.4, -0.2) is 21.5 Å². The SMILES string of the molecule is CCCc1nc2ccccn2c1-c1csc(Nc2ccc(OC)c(F)c2)n1. The van der Waals surface area contributed by atoms with Crippen molar-refractivity contribution in [1.82, 2.24) is 14.4 Å². The fourth-order valence-corrected chi connectivity index (χ4v) is 3.75. The second kappa shape index (κ2) is 7.36. The van der Waals surface area contributed by atoms with E-state index in [0.717, 1.165) is 35.6 Å². The van der Waals surface area contributed by atoms with Gasteiger partial charge in [0.25, 0.3) is 0 Å². The molecular weight excluding hydrogens is 363 g/mol. The molecule has 4 rings (SSSR count). The Morgan fingerprint density at radius 1 is 1.22 bits per heavy atom. The van der Waals surface area contributed by atoms with Crippen molar-refractivity contribution in [3.8, 4) is 17.1 Å². The van der Waals surface area contributed by atoms with E-state index in [0.29, 0.717) is 10.8 Å². The van der Waals surface area contributed by atoms with E-state index in [9.17, 15) is 4.39 Å². The van der Waals surface area contributed by atoms with E-state index in [1.54, 1.807) is 12.1 Å². The number of aromatic nitrogens is 3. The predicted molar refractivity (Wildman–Crippen MR) is 107 cm³/mol. The number of imidazole rings is 1. The minimum absolute atomic E-state index is 0.218. The van der Waals surface area contributed by atoms with E-state index in [1.807, 2.05) is 29.8 Å². The number of nitrogens with zero attached hydrogens (tertiary/aromatic N) is 3. The zero-order valence-corrected chi connectivity index (χ0v) is 15.9. The van der Waals surface area contributed by atoms with Gasteiger partial charge < -0.3 is 10.1 Å². The minimum Gasteiger partial charge on any atom is -0.494 e. The van der Waals surface area contributed by atoms with Crippen molar-refractivity contribution in [2.75, 3.05) is 12.4 Å². The summed E-state index contributed by atoms with van der Waals surface area (Å²) in [5.41, 5.74) is 4.45. The van der Waals surface area contributed by atoms with Crippen molar-refractivity contribution in [1.29, 1.82) is 0 Å². The zero-order chi connectivity index (χ0) is 18.8. The Morgan fingerprint density at radius 2 is 2.11 bits per heavy atom. The molecule has 27 heavy (non-hydrogen) atoms. The molecule has 3 heterocycles. The fourth-order valence-electron chi connectivity index (χ4n) is 3.03. The number of anilines is 2. The van der Waals surface area contributed by atoms with Crippen LogP contribution in [0.4, 0.5) is 15.2 Å². The Bertz CT molecular complexity index is 1090. The highest BCUT2D eigenvalue weighted by Crippen LogP contribution is 2.31. The highest BCUT2D eigenvalue weighted by Gasteiger charge is 2.16. The third kappa shape index (κ3) is 3.38. The lowest BCUT2D eigenvalue weighted by molar-refractivity contribution is 0.386. The first-order valence-corrected chi connectivity index (χ1v) is 9.60. The summed E-state index contributed by atoms with van der Waals surface area (Å²) >= 11 is 1.48. The Labute approximate surface area is 160 Å². The number of halogens is 1. The van der Waals surface area contributed by atoms with E-state index < -0.39 is 5.82 Å². The van der Waals surface area contributed by atoms with E-state index in [2.05, 4.69) is 16.6 Å². The van der Waals surface area contributed by atoms with Gasteiger partial charge in [0.2, 0.25) is 0 Å². The topological polar surface area (TPSA) is 51.5 Å². The van der Waals surface area contributed by atoms with Crippen LogP contribution in [0.3, 0.4) is 0 Å². The molecule has 0 aliphatic heterocycles. The summed E-state index contributed by atoms with van der Waals surface area (Å²) in [7, 11) is 1.45. The van der Waals surface area contributed by atoms with Gasteiger partial charge in [-0.25, -0.2) is 14.4 Å². The van der Waals surface area contributed by atoms with Gasteiger partial charge in [-0.15, -0.1) is 11.3 Å². The van der Waals surface area contributed by atoms with E-state index in [-0.39, 0.29) is 5.75 Å². The van der Waals surface area contributed by atoms with Crippen LogP contribution in [0.1, 0.15) is 19.0 Å². The first-order valence-electron chi connectivity index (χ1n) is 8.72. The monoisotopic (exact) mass is 382 g/mol. The Balaban J connectivity index is 1.68. The zero-order valence-electron chi connectivity index (χ0n) is 15.1. The number of thiazole rings is 1. The summed E-state index contributed by atoms with van der Waals surface area (Å²) in [6.07, 6.45) is 3.90. The molecule has 0 aliphatic rings. The summed E-state index contributed by atoms with van der Waals surface area (Å²) in [5.74, 6) is -0.193. The van der Waals surface area contributed by atoms with Crippen LogP contribution in [0.5, 0.6) is 5.75 Å². The summed E-state index contributed by atoms with van der Waals surface area (Å²) in [5, 5.41) is 5.86. The quantitative estimate of drug-likeness (QED) is 0.491. The van der Waals surface area contributed by atoms with Gasteiger partial charge >= 0.3 is 0 Å². The van der Waals surface area contributed by atoms with Crippen LogP contribution in [0.25, 0.3) is 17.0 Å². The lowest BCUT2D eigenvalue weighted by Crippen LogP contribution is -1.95. The van der Waals surface area contributed by atoms with Gasteiger partial charge in [-0.3, -0.25) is 4.40 Å². The van der Waals surface area contributed by atoms with Crippen LogP contribution in [0, 0.1) is 5.82 Å². The molecular formula is C20H19FN4OS. The molecule has 0 atom stereocenters. The normalized spacial score (nSPS) is 11.1. The number of methoxy groups -OCH3 is 1. The molecule has 0 saturated carbocycles. The first-order chi connectivity index (χ1) is 13.2. The molecule has 1 aromatic carbocycles. The average Bonchev–Trinajstić information content (AvgIpc) is 3.26. The van der Waals surface area contributed by atoms with Crippen molar-refractivity contribution in [3.05, 3.63) is 59.5 Å². The largest absolute Gasteiger partial charge is 0.494 e. The molecule has 0 unspecified atom stereocenters. The summed E-state index contributed by atoms with van der Waals surface area (Å²) in [6.45, 7) is 2.14. The van der Waals surface area contributed by atoms with Gasteiger partial charge in [0.1, 0.15) is 11.3 Å². The maximum atomic E-state index is 13.9. The van der Waals surface area contributed by atoms with Crippen LogP contribution in [0.2, 0.25) is 0 Å². The Kier molecular flexibility index (Phi) is 4.77. The number of pyridine rings is 1. The number of benzene rings is 1. The van der Waals surface area contributed by atoms with Crippen LogP contribution >= 0.6 is 11.3 Å². The Morgan fingerprint density at radius 3 is 2.89 bits per heavy atom. The van der Waals surface area contributed by atoms with E-state index in [4.69, 9.17) is 14.7 Å². The van der Waals surface area contributed by atoms with Gasteiger partial charge in [-0.05, 0) is 30.7 Å². The van der Waals surface area contributed by atoms with E-state index in [1.165, 1.54) is 24.5 Å². The molecule has 138 valence electrons. The number of hydrogen-bond acceptors (Lipinski definition) is 5. The number of ether oxygens (including phenoxy) is 1. The number of fused-ring (bicyclic) bond motifs is 1. The van der Waals surface area contributed by atoms with Crippen molar-refractivity contribution in [2.24, 2.45) is 0 Å². The van der Waals surface area contributed by atoms with Crippen LogP contribution < -0.4 is 10.1 Å². The molecule has 7 heteroatoms. The first kappa shape index (κ1) is 17.5. The summed E-state index contributed by atoms with van der Waals surface area (Å²) in [4.78, 5) is 9.45. The number of hydrogen-bond donors (Lipinski definition) is 1. The smallest absolute Gasteiger partial charge is 0.187 e. The maximum Gasteiger partial charge on any atom is 0.187 e. The molecule has 0 spiro atoms. The fraction of sp³-hybridized carbons (Fsp3) is 0.200. The molecule has 0 fully saturated rings. The van der Waals surface area contributed by atoms with Crippen molar-refractivity contribution in [3.63, 3.8) is 0 Å². The molecule has 5 nitrogen and oxygen atoms in total. The molecule has 3 aromatic heterocycles. The molecule has 0 radical (unpaired) electrons. The van der Waals surface area contributed by atoms with Gasteiger partial charge in [0, 0.05) is 23.3 Å². The number of rotatable bonds is 6. The van der Waals surface area contributed by atoms with Crippen LogP contribution in [-0.2, 0) is 6.42 Å². The van der Waals surface area contributed by atoms with E-state index >= 15 is 0 Å². The molecule has 0 aliphatic carbocycles. The lowest BCUT2D eigenvalue weighted by atomic mass is 10.2. The van der Waals surface area contributed by atoms with Gasteiger partial charge in [-0.1, -0.05) is 19.4 Å². The lowest BCUT2D eigenvalue weighted by Gasteiger charge is -2.06. The minimum atomic E-state index is -0.411. The molecule has 1 N–H and O–H groups in total. The maximum absolute atomic E-state index is 13.9.